The first-order valence-corrected chi connectivity index (χ1v) is 6.19. The Labute approximate surface area is 104 Å². The van der Waals surface area contributed by atoms with Gasteiger partial charge in [-0.2, -0.15) is 0 Å². The lowest BCUT2D eigenvalue weighted by molar-refractivity contribution is 0.181. The molecule has 1 aliphatic rings. The number of amides is 1. The van der Waals surface area contributed by atoms with Crippen molar-refractivity contribution in [1.82, 2.24) is 0 Å². The molecular formula is C12H14BrNO2. The monoisotopic (exact) mass is 283 g/mol. The predicted octanol–water partition coefficient (Wildman–Crippen LogP) is 3.41. The van der Waals surface area contributed by atoms with E-state index in [0.29, 0.717) is 13.2 Å². The number of aryl methyl sites for hydroxylation is 1. The second-order valence-corrected chi connectivity index (χ2v) is 5.36. The minimum atomic E-state index is -0.251. The summed E-state index contributed by atoms with van der Waals surface area (Å²) in [6.07, 6.45) is -0.251. The molecule has 1 unspecified atom stereocenters. The largest absolute Gasteiger partial charge is 0.447 e. The van der Waals surface area contributed by atoms with Crippen molar-refractivity contribution >= 4 is 27.7 Å². The Balaban J connectivity index is 2.37. The first kappa shape index (κ1) is 11.5. The molecule has 1 aromatic rings. The van der Waals surface area contributed by atoms with E-state index in [4.69, 9.17) is 4.74 Å². The Morgan fingerprint density at radius 1 is 1.44 bits per heavy atom. The number of halogens is 1. The molecule has 1 heterocycles. The number of anilines is 1. The van der Waals surface area contributed by atoms with E-state index in [-0.39, 0.29) is 10.9 Å². The van der Waals surface area contributed by atoms with Crippen LogP contribution in [0.25, 0.3) is 0 Å². The SMILES string of the molecule is Cc1cc(C(C)Br)cc(N2CCOC2=O)c1. The average molecular weight is 284 g/mol. The Kier molecular flexibility index (Phi) is 3.19. The lowest BCUT2D eigenvalue weighted by Gasteiger charge is -2.16. The second-order valence-electron chi connectivity index (χ2n) is 3.98. The third kappa shape index (κ3) is 2.21. The fraction of sp³-hybridized carbons (Fsp3) is 0.417. The number of hydrogen-bond acceptors (Lipinski definition) is 2. The van der Waals surface area contributed by atoms with Crippen LogP contribution < -0.4 is 4.90 Å². The van der Waals surface area contributed by atoms with E-state index in [1.165, 1.54) is 5.56 Å². The van der Waals surface area contributed by atoms with Crippen LogP contribution in [0.4, 0.5) is 10.5 Å². The number of carbonyl (C=O) groups is 1. The van der Waals surface area contributed by atoms with E-state index in [1.54, 1.807) is 4.90 Å². The van der Waals surface area contributed by atoms with Crippen LogP contribution in [-0.2, 0) is 4.74 Å². The standard InChI is InChI=1S/C12H14BrNO2/c1-8-5-10(9(2)13)7-11(6-8)14-3-4-16-12(14)15/h5-7,9H,3-4H2,1-2H3. The van der Waals surface area contributed by atoms with Gasteiger partial charge in [-0.3, -0.25) is 4.90 Å². The smallest absolute Gasteiger partial charge is 0.414 e. The summed E-state index contributed by atoms with van der Waals surface area (Å²) in [6.45, 7) is 5.22. The number of ether oxygens (including phenoxy) is 1. The summed E-state index contributed by atoms with van der Waals surface area (Å²) in [6, 6.07) is 6.15. The van der Waals surface area contributed by atoms with Gasteiger partial charge in [0.1, 0.15) is 6.61 Å². The molecule has 1 aromatic carbocycles. The van der Waals surface area contributed by atoms with Crippen LogP contribution in [0.2, 0.25) is 0 Å². The summed E-state index contributed by atoms with van der Waals surface area (Å²) in [4.78, 5) is 13.4. The van der Waals surface area contributed by atoms with Gasteiger partial charge in [0.05, 0.1) is 6.54 Å². The number of carbonyl (C=O) groups excluding carboxylic acids is 1. The highest BCUT2D eigenvalue weighted by atomic mass is 79.9. The van der Waals surface area contributed by atoms with Crippen LogP contribution in [0, 0.1) is 6.92 Å². The Morgan fingerprint density at radius 2 is 2.19 bits per heavy atom. The van der Waals surface area contributed by atoms with Gasteiger partial charge in [0, 0.05) is 10.5 Å². The number of rotatable bonds is 2. The first-order valence-electron chi connectivity index (χ1n) is 5.28. The fourth-order valence-corrected chi connectivity index (χ4v) is 2.07. The quantitative estimate of drug-likeness (QED) is 0.779. The molecule has 0 saturated carbocycles. The second kappa shape index (κ2) is 4.45. The summed E-state index contributed by atoms with van der Waals surface area (Å²) in [7, 11) is 0. The maximum absolute atomic E-state index is 11.5. The molecule has 16 heavy (non-hydrogen) atoms. The molecule has 0 aromatic heterocycles. The minimum Gasteiger partial charge on any atom is -0.447 e. The lowest BCUT2D eigenvalue weighted by Crippen LogP contribution is -2.23. The zero-order valence-corrected chi connectivity index (χ0v) is 11.0. The zero-order valence-electron chi connectivity index (χ0n) is 9.37. The number of hydrogen-bond donors (Lipinski definition) is 0. The molecule has 1 atom stereocenters. The predicted molar refractivity (Wildman–Crippen MR) is 67.2 cm³/mol. The molecular weight excluding hydrogens is 270 g/mol. The van der Waals surface area contributed by atoms with Crippen LogP contribution in [0.5, 0.6) is 0 Å². The molecule has 1 fully saturated rings. The van der Waals surface area contributed by atoms with Gasteiger partial charge in [-0.25, -0.2) is 4.79 Å². The molecule has 0 bridgehead atoms. The van der Waals surface area contributed by atoms with Crippen molar-refractivity contribution in [3.05, 3.63) is 29.3 Å². The van der Waals surface area contributed by atoms with Gasteiger partial charge >= 0.3 is 6.09 Å². The van der Waals surface area contributed by atoms with Gasteiger partial charge in [-0.1, -0.05) is 22.0 Å². The van der Waals surface area contributed by atoms with Crippen LogP contribution in [0.3, 0.4) is 0 Å². The molecule has 0 N–H and O–H groups in total. The molecule has 1 aliphatic heterocycles. The summed E-state index contributed by atoms with van der Waals surface area (Å²) in [5.41, 5.74) is 3.25. The molecule has 0 radical (unpaired) electrons. The molecule has 0 aliphatic carbocycles. The maximum atomic E-state index is 11.5. The average Bonchev–Trinajstić information content (AvgIpc) is 2.63. The molecule has 2 rings (SSSR count). The van der Waals surface area contributed by atoms with Crippen molar-refractivity contribution in [2.24, 2.45) is 0 Å². The zero-order chi connectivity index (χ0) is 11.7. The molecule has 1 amide bonds. The van der Waals surface area contributed by atoms with Crippen molar-refractivity contribution in [1.29, 1.82) is 0 Å². The molecule has 1 saturated heterocycles. The van der Waals surface area contributed by atoms with Crippen LogP contribution in [0.1, 0.15) is 22.9 Å². The van der Waals surface area contributed by atoms with E-state index in [0.717, 1.165) is 11.3 Å². The van der Waals surface area contributed by atoms with Gasteiger partial charge in [0.2, 0.25) is 0 Å². The van der Waals surface area contributed by atoms with Crippen molar-refractivity contribution in [2.45, 2.75) is 18.7 Å². The maximum Gasteiger partial charge on any atom is 0.414 e. The van der Waals surface area contributed by atoms with Gasteiger partial charge < -0.3 is 4.74 Å². The lowest BCUT2D eigenvalue weighted by atomic mass is 10.1. The van der Waals surface area contributed by atoms with Crippen molar-refractivity contribution in [3.63, 3.8) is 0 Å². The highest BCUT2D eigenvalue weighted by molar-refractivity contribution is 9.09. The third-order valence-corrected chi connectivity index (χ3v) is 3.14. The van der Waals surface area contributed by atoms with Crippen LogP contribution in [-0.4, -0.2) is 19.2 Å². The summed E-state index contributed by atoms with van der Waals surface area (Å²) < 4.78 is 4.94. The Bertz CT molecular complexity index is 417. The number of benzene rings is 1. The first-order chi connectivity index (χ1) is 7.58. The van der Waals surface area contributed by atoms with Crippen molar-refractivity contribution in [3.8, 4) is 0 Å². The molecule has 0 spiro atoms. The number of nitrogens with zero attached hydrogens (tertiary/aromatic N) is 1. The van der Waals surface area contributed by atoms with E-state index < -0.39 is 0 Å². The highest BCUT2D eigenvalue weighted by Crippen LogP contribution is 2.28. The molecule has 4 heteroatoms. The van der Waals surface area contributed by atoms with E-state index >= 15 is 0 Å². The van der Waals surface area contributed by atoms with E-state index in [9.17, 15) is 4.79 Å². The van der Waals surface area contributed by atoms with Crippen LogP contribution >= 0.6 is 15.9 Å². The summed E-state index contributed by atoms with van der Waals surface area (Å²) >= 11 is 3.54. The van der Waals surface area contributed by atoms with Gasteiger partial charge in [-0.05, 0) is 37.1 Å². The van der Waals surface area contributed by atoms with Gasteiger partial charge in [0.15, 0.2) is 0 Å². The molecule has 3 nitrogen and oxygen atoms in total. The van der Waals surface area contributed by atoms with E-state index in [2.05, 4.69) is 28.9 Å². The highest BCUT2D eigenvalue weighted by Gasteiger charge is 2.24. The summed E-state index contributed by atoms with van der Waals surface area (Å²) in [5.74, 6) is 0. The molecule has 86 valence electrons. The normalized spacial score (nSPS) is 17.4. The number of alkyl halides is 1. The topological polar surface area (TPSA) is 29.5 Å². The van der Waals surface area contributed by atoms with Crippen molar-refractivity contribution in [2.75, 3.05) is 18.1 Å². The minimum absolute atomic E-state index is 0.251. The van der Waals surface area contributed by atoms with Crippen molar-refractivity contribution < 1.29 is 9.53 Å². The van der Waals surface area contributed by atoms with Crippen LogP contribution in [0.15, 0.2) is 18.2 Å². The summed E-state index contributed by atoms with van der Waals surface area (Å²) in [5, 5.41) is 0. The fourth-order valence-electron chi connectivity index (χ4n) is 1.81. The number of cyclic esters (lactones) is 1. The Hall–Kier alpha value is -1.03. The van der Waals surface area contributed by atoms with Gasteiger partial charge in [0.25, 0.3) is 0 Å². The van der Waals surface area contributed by atoms with Gasteiger partial charge in [-0.15, -0.1) is 0 Å². The van der Waals surface area contributed by atoms with E-state index in [1.807, 2.05) is 19.1 Å². The Morgan fingerprint density at radius 3 is 2.75 bits per heavy atom. The third-order valence-electron chi connectivity index (χ3n) is 2.62.